The first kappa shape index (κ1) is 14.3. The number of aryl methyl sites for hydroxylation is 2. The number of hydrogen-bond donors (Lipinski definition) is 0. The molecule has 0 spiro atoms. The van der Waals surface area contributed by atoms with Crippen LogP contribution in [0.3, 0.4) is 0 Å². The fourth-order valence-corrected chi connectivity index (χ4v) is 2.40. The molecule has 0 amide bonds. The molecule has 0 aliphatic heterocycles. The van der Waals surface area contributed by atoms with E-state index >= 15 is 0 Å². The molecule has 1 aromatic heterocycles. The minimum Gasteiger partial charge on any atom is -0.472 e. The van der Waals surface area contributed by atoms with E-state index in [9.17, 15) is 0 Å². The number of benzene rings is 2. The van der Waals surface area contributed by atoms with E-state index in [0.29, 0.717) is 12.5 Å². The van der Waals surface area contributed by atoms with Crippen LogP contribution in [0.5, 0.6) is 5.88 Å². The average Bonchev–Trinajstić information content (AvgIpc) is 2.54. The predicted molar refractivity (Wildman–Crippen MR) is 89.9 cm³/mol. The maximum absolute atomic E-state index is 5.99. The molecule has 3 aromatic rings. The van der Waals surface area contributed by atoms with Gasteiger partial charge < -0.3 is 4.74 Å². The number of nitrogens with zero attached hydrogens (tertiary/aromatic N) is 1. The molecule has 2 heteroatoms. The summed E-state index contributed by atoms with van der Waals surface area (Å²) in [5.41, 5.74) is 5.49. The standard InChI is InChI=1S/C20H19NO/c1-15-7-6-10-18(13-15)19-12-11-16(2)21-20(19)22-14-17-8-4-3-5-9-17/h3-13H,14H2,1-2H3. The fourth-order valence-electron chi connectivity index (χ4n) is 2.40. The van der Waals surface area contributed by atoms with E-state index in [1.54, 1.807) is 0 Å². The van der Waals surface area contributed by atoms with Crippen molar-refractivity contribution in [3.63, 3.8) is 0 Å². The molecule has 0 saturated carbocycles. The number of rotatable bonds is 4. The van der Waals surface area contributed by atoms with Gasteiger partial charge >= 0.3 is 0 Å². The molecule has 0 unspecified atom stereocenters. The second kappa shape index (κ2) is 6.44. The van der Waals surface area contributed by atoms with Gasteiger partial charge in [0.05, 0.1) is 0 Å². The maximum Gasteiger partial charge on any atom is 0.221 e. The van der Waals surface area contributed by atoms with E-state index in [0.717, 1.165) is 22.4 Å². The third kappa shape index (κ3) is 3.34. The van der Waals surface area contributed by atoms with Gasteiger partial charge in [-0.1, -0.05) is 60.2 Å². The summed E-state index contributed by atoms with van der Waals surface area (Å²) >= 11 is 0. The molecule has 0 atom stereocenters. The smallest absolute Gasteiger partial charge is 0.221 e. The molecule has 110 valence electrons. The van der Waals surface area contributed by atoms with Gasteiger partial charge in [0.2, 0.25) is 5.88 Å². The molecule has 0 saturated heterocycles. The lowest BCUT2D eigenvalue weighted by Gasteiger charge is -2.12. The molecule has 0 aliphatic carbocycles. The third-order valence-electron chi connectivity index (χ3n) is 3.55. The average molecular weight is 289 g/mol. The number of hydrogen-bond acceptors (Lipinski definition) is 2. The summed E-state index contributed by atoms with van der Waals surface area (Å²) < 4.78 is 5.99. The second-order valence-electron chi connectivity index (χ2n) is 5.45. The van der Waals surface area contributed by atoms with Crippen LogP contribution >= 0.6 is 0 Å². The molecule has 2 nitrogen and oxygen atoms in total. The summed E-state index contributed by atoms with van der Waals surface area (Å²) in [6.07, 6.45) is 0. The Morgan fingerprint density at radius 3 is 2.45 bits per heavy atom. The van der Waals surface area contributed by atoms with E-state index in [4.69, 9.17) is 4.74 Å². The van der Waals surface area contributed by atoms with Gasteiger partial charge in [0.15, 0.2) is 0 Å². The molecular formula is C20H19NO. The van der Waals surface area contributed by atoms with Crippen LogP contribution in [0.15, 0.2) is 66.7 Å². The van der Waals surface area contributed by atoms with Gasteiger partial charge in [-0.05, 0) is 37.1 Å². The number of ether oxygens (including phenoxy) is 1. The Kier molecular flexibility index (Phi) is 4.19. The van der Waals surface area contributed by atoms with Gasteiger partial charge in [-0.25, -0.2) is 4.98 Å². The highest BCUT2D eigenvalue weighted by Gasteiger charge is 2.09. The van der Waals surface area contributed by atoms with Crippen molar-refractivity contribution < 1.29 is 4.74 Å². The van der Waals surface area contributed by atoms with Crippen LogP contribution in [0, 0.1) is 13.8 Å². The van der Waals surface area contributed by atoms with Gasteiger partial charge in [-0.15, -0.1) is 0 Å². The predicted octanol–water partition coefficient (Wildman–Crippen LogP) is 4.94. The highest BCUT2D eigenvalue weighted by atomic mass is 16.5. The zero-order chi connectivity index (χ0) is 15.4. The Hall–Kier alpha value is -2.61. The van der Waals surface area contributed by atoms with Crippen molar-refractivity contribution in [2.75, 3.05) is 0 Å². The summed E-state index contributed by atoms with van der Waals surface area (Å²) in [5, 5.41) is 0. The Morgan fingerprint density at radius 1 is 0.864 bits per heavy atom. The minimum absolute atomic E-state index is 0.524. The molecular weight excluding hydrogens is 270 g/mol. The van der Waals surface area contributed by atoms with Crippen molar-refractivity contribution in [2.45, 2.75) is 20.5 Å². The number of pyridine rings is 1. The molecule has 2 aromatic carbocycles. The van der Waals surface area contributed by atoms with E-state index < -0.39 is 0 Å². The van der Waals surface area contributed by atoms with Crippen molar-refractivity contribution in [1.82, 2.24) is 4.98 Å². The van der Waals surface area contributed by atoms with E-state index in [1.807, 2.05) is 31.2 Å². The quantitative estimate of drug-likeness (QED) is 0.678. The SMILES string of the molecule is Cc1cccc(-c2ccc(C)nc2OCc2ccccc2)c1. The lowest BCUT2D eigenvalue weighted by molar-refractivity contribution is 0.295. The zero-order valence-corrected chi connectivity index (χ0v) is 12.9. The van der Waals surface area contributed by atoms with Crippen molar-refractivity contribution in [1.29, 1.82) is 0 Å². The van der Waals surface area contributed by atoms with Crippen LogP contribution in [0.1, 0.15) is 16.8 Å². The largest absolute Gasteiger partial charge is 0.472 e. The highest BCUT2D eigenvalue weighted by molar-refractivity contribution is 5.69. The van der Waals surface area contributed by atoms with Crippen LogP contribution in [-0.2, 0) is 6.61 Å². The van der Waals surface area contributed by atoms with E-state index in [-0.39, 0.29) is 0 Å². The Balaban J connectivity index is 1.91. The van der Waals surface area contributed by atoms with Gasteiger partial charge in [0.1, 0.15) is 6.61 Å². The summed E-state index contributed by atoms with van der Waals surface area (Å²) in [7, 11) is 0. The van der Waals surface area contributed by atoms with Crippen LogP contribution in [0.25, 0.3) is 11.1 Å². The first-order valence-corrected chi connectivity index (χ1v) is 7.44. The zero-order valence-electron chi connectivity index (χ0n) is 12.9. The summed E-state index contributed by atoms with van der Waals surface area (Å²) in [6.45, 7) is 4.60. The third-order valence-corrected chi connectivity index (χ3v) is 3.55. The van der Waals surface area contributed by atoms with E-state index in [2.05, 4.69) is 54.4 Å². The minimum atomic E-state index is 0.524. The van der Waals surface area contributed by atoms with Crippen molar-refractivity contribution in [3.05, 3.63) is 83.6 Å². The first-order chi connectivity index (χ1) is 10.7. The van der Waals surface area contributed by atoms with Crippen molar-refractivity contribution in [3.8, 4) is 17.0 Å². The monoisotopic (exact) mass is 289 g/mol. The molecule has 0 aliphatic rings. The number of aromatic nitrogens is 1. The maximum atomic E-state index is 5.99. The molecule has 22 heavy (non-hydrogen) atoms. The van der Waals surface area contributed by atoms with Gasteiger partial charge in [0.25, 0.3) is 0 Å². The van der Waals surface area contributed by atoms with Crippen LogP contribution in [0.4, 0.5) is 0 Å². The van der Waals surface area contributed by atoms with Gasteiger partial charge in [0, 0.05) is 11.3 Å². The molecule has 1 heterocycles. The first-order valence-electron chi connectivity index (χ1n) is 7.44. The summed E-state index contributed by atoms with van der Waals surface area (Å²) in [5.74, 6) is 0.689. The van der Waals surface area contributed by atoms with Crippen molar-refractivity contribution >= 4 is 0 Å². The molecule has 0 radical (unpaired) electrons. The van der Waals surface area contributed by atoms with Crippen LogP contribution in [0.2, 0.25) is 0 Å². The highest BCUT2D eigenvalue weighted by Crippen LogP contribution is 2.29. The normalized spacial score (nSPS) is 10.5. The Labute approximate surface area is 131 Å². The van der Waals surface area contributed by atoms with E-state index in [1.165, 1.54) is 5.56 Å². The molecule has 0 bridgehead atoms. The molecule has 0 fully saturated rings. The summed E-state index contributed by atoms with van der Waals surface area (Å²) in [4.78, 5) is 4.57. The second-order valence-corrected chi connectivity index (χ2v) is 5.45. The molecule has 3 rings (SSSR count). The lowest BCUT2D eigenvalue weighted by Crippen LogP contribution is -2.00. The molecule has 0 N–H and O–H groups in total. The van der Waals surface area contributed by atoms with Crippen LogP contribution in [-0.4, -0.2) is 4.98 Å². The van der Waals surface area contributed by atoms with Gasteiger partial charge in [-0.3, -0.25) is 0 Å². The topological polar surface area (TPSA) is 22.1 Å². The Morgan fingerprint density at radius 2 is 1.68 bits per heavy atom. The fraction of sp³-hybridized carbons (Fsp3) is 0.150. The van der Waals surface area contributed by atoms with Gasteiger partial charge in [-0.2, -0.15) is 0 Å². The van der Waals surface area contributed by atoms with Crippen molar-refractivity contribution in [2.24, 2.45) is 0 Å². The lowest BCUT2D eigenvalue weighted by atomic mass is 10.0. The summed E-state index contributed by atoms with van der Waals surface area (Å²) in [6, 6.07) is 22.7. The van der Waals surface area contributed by atoms with Crippen LogP contribution < -0.4 is 4.74 Å². The Bertz CT molecular complexity index is 766.